The van der Waals surface area contributed by atoms with E-state index in [1.165, 1.54) is 29.2 Å². The second kappa shape index (κ2) is 74.9. The molecule has 0 radical (unpaired) electrons. The lowest BCUT2D eigenvalue weighted by molar-refractivity contribution is 0.0807. The minimum atomic E-state index is -1.11. The van der Waals surface area contributed by atoms with Crippen LogP contribution in [0.25, 0.3) is 23.1 Å². The molecule has 11 aromatic rings. The highest BCUT2D eigenvalue weighted by Gasteiger charge is 2.21. The zero-order chi connectivity index (χ0) is 105. The highest BCUT2D eigenvalue weighted by atomic mass is 16.5. The fraction of sp³-hybridized carbons (Fsp3) is 0.154. The third-order valence-electron chi connectivity index (χ3n) is 16.3. The first-order chi connectivity index (χ1) is 71.5. The van der Waals surface area contributed by atoms with Crippen LogP contribution in [0.4, 0.5) is 4.79 Å². The van der Waals surface area contributed by atoms with E-state index in [1.54, 1.807) is 32.9 Å². The van der Waals surface area contributed by atoms with Crippen molar-refractivity contribution in [3.05, 3.63) is 279 Å². The van der Waals surface area contributed by atoms with Gasteiger partial charge in [-0.3, -0.25) is 14.8 Å². The number of H-pyrrole nitrogens is 2. The number of pyridine rings is 3. The Morgan fingerprint density at radius 2 is 0.671 bits per heavy atom. The Morgan fingerprint density at radius 1 is 0.377 bits per heavy atom. The summed E-state index contributed by atoms with van der Waals surface area (Å²) < 4.78 is 41.8. The van der Waals surface area contributed by atoms with Crippen LogP contribution in [0.15, 0.2) is 233 Å². The first-order valence-corrected chi connectivity index (χ1v) is 42.8. The number of aromatic nitrogens is 8. The van der Waals surface area contributed by atoms with Crippen molar-refractivity contribution in [2.24, 2.45) is 5.73 Å². The Labute approximate surface area is 846 Å². The quantitative estimate of drug-likeness (QED) is 0.0159. The van der Waals surface area contributed by atoms with Crippen molar-refractivity contribution in [1.29, 1.82) is 0 Å². The molecule has 0 bridgehead atoms. The summed E-state index contributed by atoms with van der Waals surface area (Å²) in [7, 11) is 0. The fourth-order valence-corrected chi connectivity index (χ4v) is 9.71. The minimum absolute atomic E-state index is 0.00850. The lowest BCUT2D eigenvalue weighted by Crippen LogP contribution is -2.49. The monoisotopic (exact) mass is 1930 g/mol. The van der Waals surface area contributed by atoms with Gasteiger partial charge in [0, 0.05) is 31.3 Å². The highest BCUT2D eigenvalue weighted by Crippen LogP contribution is 2.34. The van der Waals surface area contributed by atoms with Crippen LogP contribution in [0.2, 0.25) is 0 Å². The lowest BCUT2D eigenvalue weighted by atomic mass is 10.2. The number of urea groups is 1. The SMILES string of the molecule is C#CC#CC#C.C#CC#CC#CC#CC#CC#CC#CC#CC#CC.CC#CC#CC#CC#CC#CC#CC#CC#CC#CC.NC[C@@H](O)CO.O=C(NC[C@@H](O)CO)NNC(=O)c1cc(OCc2ccccc2)c(OCc2ccccc2)cn1.O=c1[nH]nc(-c2cc(OCc3ccccc3)c(OCc3ccccc3)cn2)n1C[C@@H](O)CO.O=c1[nH]nc(-c2cc(OCc3ccccc3)c(OCc3ccccc3)cn2)o1. The zero-order valence-electron chi connectivity index (χ0n) is 78.7. The van der Waals surface area contributed by atoms with Crippen molar-refractivity contribution in [1.82, 2.24) is 56.1 Å². The van der Waals surface area contributed by atoms with E-state index in [9.17, 15) is 29.4 Å². The van der Waals surface area contributed by atoms with Crippen molar-refractivity contribution < 1.29 is 73.1 Å². The van der Waals surface area contributed by atoms with Crippen LogP contribution in [-0.2, 0) is 46.2 Å². The fourth-order valence-electron chi connectivity index (χ4n) is 9.71. The zero-order valence-corrected chi connectivity index (χ0v) is 78.7. The molecule has 0 saturated heterocycles. The Morgan fingerprint density at radius 3 is 0.973 bits per heavy atom. The molecule has 0 fully saturated rings. The Balaban J connectivity index is 0.000000317. The summed E-state index contributed by atoms with van der Waals surface area (Å²) in [6.07, 6.45) is 15.8. The number of aromatic amines is 2. The number of amides is 3. The molecular weight excluding hydrogens is 1850 g/mol. The van der Waals surface area contributed by atoms with Crippen LogP contribution < -0.4 is 61.8 Å². The number of carbonyl (C=O) groups is 2. The molecule has 29 nitrogen and oxygen atoms in total. The number of carbonyl (C=O) groups excluding carboxylic acids is 2. The number of aliphatic hydroxyl groups is 6. The van der Waals surface area contributed by atoms with Crippen LogP contribution in [0.3, 0.4) is 0 Å². The van der Waals surface area contributed by atoms with Crippen molar-refractivity contribution >= 4 is 11.9 Å². The smallest absolute Gasteiger partial charge is 0.434 e. The molecule has 29 heteroatoms. The summed E-state index contributed by atoms with van der Waals surface area (Å²) in [6.45, 7) is 5.62. The van der Waals surface area contributed by atoms with Gasteiger partial charge in [0.15, 0.2) is 40.3 Å². The van der Waals surface area contributed by atoms with E-state index in [0.29, 0.717) is 72.3 Å². The van der Waals surface area contributed by atoms with E-state index in [4.69, 9.17) is 78.3 Å². The average Bonchev–Trinajstić information content (AvgIpc) is 1.62. The Hall–Kier alpha value is -21.3. The van der Waals surface area contributed by atoms with Crippen LogP contribution >= 0.6 is 0 Å². The number of hydrogen-bond acceptors (Lipinski definition) is 23. The molecule has 11 rings (SSSR count). The van der Waals surface area contributed by atoms with Gasteiger partial charge in [0.2, 0.25) is 0 Å². The van der Waals surface area contributed by atoms with Gasteiger partial charge in [-0.1, -0.05) is 200 Å². The number of rotatable bonds is 29. The number of nitrogens with one attached hydrogen (secondary N) is 5. The maximum atomic E-state index is 12.5. The molecule has 5 aromatic heterocycles. The molecule has 3 amide bonds. The number of nitrogens with zero attached hydrogens (tertiary/aromatic N) is 6. The average molecular weight is 1930 g/mol. The van der Waals surface area contributed by atoms with Gasteiger partial charge in [-0.2, -0.15) is 5.10 Å². The van der Waals surface area contributed by atoms with Gasteiger partial charge in [-0.05, 0) is 267 Å². The van der Waals surface area contributed by atoms with Gasteiger partial charge in [-0.15, -0.1) is 24.4 Å². The van der Waals surface area contributed by atoms with Crippen molar-refractivity contribution in [2.75, 3.05) is 32.9 Å². The molecule has 13 N–H and O–H groups in total. The highest BCUT2D eigenvalue weighted by molar-refractivity contribution is 5.94. The third kappa shape index (κ3) is 51.6. The third-order valence-corrected chi connectivity index (χ3v) is 16.3. The molecule has 0 aliphatic carbocycles. The van der Waals surface area contributed by atoms with E-state index in [-0.39, 0.29) is 56.9 Å². The number of hydrazine groups is 1. The maximum absolute atomic E-state index is 12.5. The van der Waals surface area contributed by atoms with Crippen LogP contribution in [-0.4, -0.2) is 134 Å². The number of ether oxygens (including phenoxy) is 6. The molecule has 0 saturated carbocycles. The Kier molecular flexibility index (Phi) is 59.1. The minimum Gasteiger partial charge on any atom is -0.485 e. The van der Waals surface area contributed by atoms with E-state index < -0.39 is 54.9 Å². The number of hydrogen-bond donors (Lipinski definition) is 12. The normalized spacial score (nSPS) is 9.06. The molecule has 5 heterocycles. The number of benzene rings is 6. The van der Waals surface area contributed by atoms with E-state index in [1.807, 2.05) is 182 Å². The second-order valence-electron chi connectivity index (χ2n) is 26.9. The molecule has 0 aliphatic rings. The van der Waals surface area contributed by atoms with E-state index >= 15 is 0 Å². The molecule has 0 aliphatic heterocycles. The van der Waals surface area contributed by atoms with Crippen LogP contribution in [0, 0.1) is 250 Å². The molecule has 0 spiro atoms. The molecule has 0 unspecified atom stereocenters. The van der Waals surface area contributed by atoms with E-state index in [2.05, 4.69) is 282 Å². The molecule has 3 atom stereocenters. The summed E-state index contributed by atoms with van der Waals surface area (Å²) in [6, 6.07) is 62.1. The van der Waals surface area contributed by atoms with Crippen molar-refractivity contribution in [3.63, 3.8) is 0 Å². The first-order valence-electron chi connectivity index (χ1n) is 42.8. The van der Waals surface area contributed by atoms with Crippen LogP contribution in [0.5, 0.6) is 34.5 Å². The largest absolute Gasteiger partial charge is 0.485 e. The van der Waals surface area contributed by atoms with Gasteiger partial charge in [0.25, 0.3) is 11.8 Å². The summed E-state index contributed by atoms with van der Waals surface area (Å²) >= 11 is 0. The standard InChI is InChI=1S/C24H26N4O6.C24H24N4O5.C21H17N3O4.C20H6.C19H4.C6H2.C3H9NO2/c29-14-19(30)12-26-24(32)28-27-23(31)20-11-21(33-15-17-7-3-1-4-8-17)22(13-25-20)34-16-18-9-5-2-6-10-18;29-14-19(30)13-28-23(26-27-24(28)31)20-11-21(32-15-17-7-3-1-4-8-17)22(12-25-20)33-16-18-9-5-2-6-10-18;25-21-24-23-20(28-21)17-11-18(26-13-15-7-3-1-4-8-15)19(12-22-17)27-14-16-9-5-2-6-10-16;1-3-5-7-9-11-13-15-17-19-20-18-16-14-12-10-8-6-4-2;1-3-5-7-9-11-13-15-17-19-18-16-14-12-10-8-6-4-2;1-3-5-6-4-2;4-1-3(6)2-5/h1-11,13,19,29-30H,12,14-16H2,(H,27,31)(H2,26,28,32);1-12,19,29-30H,13-16H2,(H,27,31);1-12H,13-14H2,(H,24,25);1-2H3;1H,2H3;1-2H;3,5-6H,1-2,4H2/t2*19-;;;;;3-/m11....1/s1. The molecule has 718 valence electrons. The lowest BCUT2D eigenvalue weighted by Gasteiger charge is -2.14. The predicted octanol–water partition coefficient (Wildman–Crippen LogP) is 7.54. The van der Waals surface area contributed by atoms with Crippen LogP contribution in [0.1, 0.15) is 64.6 Å². The second-order valence-corrected chi connectivity index (χ2v) is 26.9. The molecular formula is C117H88N12O17. The predicted molar refractivity (Wildman–Crippen MR) is 551 cm³/mol. The van der Waals surface area contributed by atoms with Gasteiger partial charge in [0.1, 0.15) is 56.7 Å². The first kappa shape index (κ1) is 115. The van der Waals surface area contributed by atoms with Gasteiger partial charge in [-0.25, -0.2) is 45.0 Å². The van der Waals surface area contributed by atoms with Crippen molar-refractivity contribution in [3.8, 4) is 308 Å². The maximum Gasteiger partial charge on any atom is 0.434 e. The number of nitrogens with two attached hydrogens (primary N) is 1. The van der Waals surface area contributed by atoms with Gasteiger partial charge < -0.3 is 74.5 Å². The summed E-state index contributed by atoms with van der Waals surface area (Å²) in [5.74, 6) is 97.6. The van der Waals surface area contributed by atoms with Gasteiger partial charge in [0.05, 0.1) is 63.3 Å². The summed E-state index contributed by atoms with van der Waals surface area (Å²) in [5.41, 5.74) is 15.3. The Bertz CT molecular complexity index is 7570. The number of aliphatic hydroxyl groups excluding tert-OH is 6. The topological polar surface area (TPSA) is 421 Å². The van der Waals surface area contributed by atoms with Gasteiger partial charge >= 0.3 is 17.5 Å². The molecule has 6 aromatic carbocycles. The number of terminal acetylenes is 3. The van der Waals surface area contributed by atoms with Crippen molar-refractivity contribution in [2.45, 2.75) is 85.3 Å². The summed E-state index contributed by atoms with van der Waals surface area (Å²) in [4.78, 5) is 60.3. The van der Waals surface area contributed by atoms with E-state index in [0.717, 1.165) is 33.4 Å². The molecule has 146 heavy (non-hydrogen) atoms. The summed E-state index contributed by atoms with van der Waals surface area (Å²) in [5, 5.41) is 68.0.